The van der Waals surface area contributed by atoms with Crippen LogP contribution in [0.25, 0.3) is 11.5 Å². The van der Waals surface area contributed by atoms with Crippen molar-refractivity contribution in [3.8, 4) is 11.5 Å². The molecule has 94 valence electrons. The summed E-state index contributed by atoms with van der Waals surface area (Å²) in [6.45, 7) is 3.97. The molecule has 0 radical (unpaired) electrons. The van der Waals surface area contributed by atoms with Crippen molar-refractivity contribution in [1.82, 2.24) is 15.0 Å². The molecule has 0 saturated heterocycles. The number of nitrogens with two attached hydrogens (primary N) is 1. The zero-order chi connectivity index (χ0) is 13.1. The fourth-order valence-electron chi connectivity index (χ4n) is 1.67. The minimum absolute atomic E-state index is 0.544. The largest absolute Gasteiger partial charge is 0.308 e. The van der Waals surface area contributed by atoms with Crippen molar-refractivity contribution in [3.63, 3.8) is 0 Å². The number of aryl methyl sites for hydroxylation is 1. The van der Waals surface area contributed by atoms with Gasteiger partial charge in [0.25, 0.3) is 0 Å². The normalized spacial score (nSPS) is 10.4. The van der Waals surface area contributed by atoms with Crippen LogP contribution in [0.1, 0.15) is 18.2 Å². The second-order valence-corrected chi connectivity index (χ2v) is 4.26. The highest BCUT2D eigenvalue weighted by Gasteiger charge is 2.11. The lowest BCUT2D eigenvalue weighted by atomic mass is 10.2. The molecule has 0 atom stereocenters. The monoisotopic (exact) mass is 263 g/mol. The number of rotatable bonds is 3. The SMILES string of the molecule is CCc1nc(-c2ccc(Cl)cn2)nc(NN)c1C. The molecule has 0 aliphatic rings. The Labute approximate surface area is 110 Å². The minimum Gasteiger partial charge on any atom is -0.308 e. The number of hydrazine groups is 1. The molecular formula is C12H14ClN5. The Bertz CT molecular complexity index is 528. The number of hydrogen-bond acceptors (Lipinski definition) is 5. The number of nitrogens with zero attached hydrogens (tertiary/aromatic N) is 3. The molecule has 0 aromatic carbocycles. The van der Waals surface area contributed by atoms with E-state index in [-0.39, 0.29) is 0 Å². The highest BCUT2D eigenvalue weighted by atomic mass is 35.5. The second-order valence-electron chi connectivity index (χ2n) is 3.83. The van der Waals surface area contributed by atoms with Crippen molar-refractivity contribution >= 4 is 17.4 Å². The fraction of sp³-hybridized carbons (Fsp3) is 0.250. The number of pyridine rings is 1. The first-order valence-electron chi connectivity index (χ1n) is 5.61. The van der Waals surface area contributed by atoms with E-state index in [1.54, 1.807) is 18.3 Å². The van der Waals surface area contributed by atoms with Crippen LogP contribution in [0, 0.1) is 6.92 Å². The van der Waals surface area contributed by atoms with Crippen LogP contribution in [0.3, 0.4) is 0 Å². The Morgan fingerprint density at radius 1 is 1.33 bits per heavy atom. The van der Waals surface area contributed by atoms with Crippen molar-refractivity contribution in [1.29, 1.82) is 0 Å². The van der Waals surface area contributed by atoms with Gasteiger partial charge in [-0.3, -0.25) is 4.98 Å². The predicted octanol–water partition coefficient (Wildman–Crippen LogP) is 2.35. The number of anilines is 1. The summed E-state index contributed by atoms with van der Waals surface area (Å²) in [5, 5.41) is 0.582. The molecule has 5 nitrogen and oxygen atoms in total. The number of nitrogens with one attached hydrogen (secondary N) is 1. The van der Waals surface area contributed by atoms with E-state index in [2.05, 4.69) is 20.4 Å². The number of aromatic nitrogens is 3. The van der Waals surface area contributed by atoms with E-state index >= 15 is 0 Å². The van der Waals surface area contributed by atoms with Crippen LogP contribution >= 0.6 is 11.6 Å². The molecule has 0 aliphatic heterocycles. The first-order valence-corrected chi connectivity index (χ1v) is 5.99. The number of hydrogen-bond donors (Lipinski definition) is 2. The predicted molar refractivity (Wildman–Crippen MR) is 72.2 cm³/mol. The Balaban J connectivity index is 2.54. The molecule has 2 aromatic rings. The summed E-state index contributed by atoms with van der Waals surface area (Å²) in [4.78, 5) is 13.0. The smallest absolute Gasteiger partial charge is 0.180 e. The van der Waals surface area contributed by atoms with E-state index in [0.29, 0.717) is 22.4 Å². The first-order chi connectivity index (χ1) is 8.65. The Morgan fingerprint density at radius 2 is 2.11 bits per heavy atom. The van der Waals surface area contributed by atoms with Crippen LogP contribution in [-0.4, -0.2) is 15.0 Å². The second kappa shape index (κ2) is 5.29. The van der Waals surface area contributed by atoms with Gasteiger partial charge in [-0.2, -0.15) is 0 Å². The minimum atomic E-state index is 0.544. The van der Waals surface area contributed by atoms with E-state index in [1.165, 1.54) is 0 Å². The van der Waals surface area contributed by atoms with Gasteiger partial charge in [-0.1, -0.05) is 18.5 Å². The molecule has 0 amide bonds. The van der Waals surface area contributed by atoms with Crippen LogP contribution in [0.15, 0.2) is 18.3 Å². The van der Waals surface area contributed by atoms with E-state index in [1.807, 2.05) is 13.8 Å². The Morgan fingerprint density at radius 3 is 2.67 bits per heavy atom. The third-order valence-electron chi connectivity index (χ3n) is 2.67. The zero-order valence-corrected chi connectivity index (χ0v) is 11.0. The third kappa shape index (κ3) is 2.42. The van der Waals surface area contributed by atoms with Gasteiger partial charge in [-0.25, -0.2) is 15.8 Å². The van der Waals surface area contributed by atoms with Crippen molar-refractivity contribution in [2.24, 2.45) is 5.84 Å². The van der Waals surface area contributed by atoms with Crippen molar-refractivity contribution in [2.75, 3.05) is 5.43 Å². The topological polar surface area (TPSA) is 76.7 Å². The van der Waals surface area contributed by atoms with Crippen LogP contribution in [0.5, 0.6) is 0 Å². The van der Waals surface area contributed by atoms with Crippen molar-refractivity contribution in [2.45, 2.75) is 20.3 Å². The summed E-state index contributed by atoms with van der Waals surface area (Å²) >= 11 is 5.81. The van der Waals surface area contributed by atoms with Gasteiger partial charge < -0.3 is 5.43 Å². The van der Waals surface area contributed by atoms with Gasteiger partial charge in [-0.15, -0.1) is 0 Å². The van der Waals surface area contributed by atoms with E-state index < -0.39 is 0 Å². The quantitative estimate of drug-likeness (QED) is 0.657. The summed E-state index contributed by atoms with van der Waals surface area (Å²) in [6, 6.07) is 3.54. The standard InChI is InChI=1S/C12H14ClN5/c1-3-9-7(2)11(18-14)17-12(16-9)10-5-4-8(13)6-15-10/h4-6H,3,14H2,1-2H3,(H,16,17,18). The number of nitrogen functional groups attached to an aromatic ring is 1. The third-order valence-corrected chi connectivity index (χ3v) is 2.90. The Hall–Kier alpha value is -1.72. The molecule has 0 aliphatic carbocycles. The van der Waals surface area contributed by atoms with Crippen molar-refractivity contribution in [3.05, 3.63) is 34.6 Å². The van der Waals surface area contributed by atoms with Gasteiger partial charge in [0.05, 0.1) is 5.02 Å². The average molecular weight is 264 g/mol. The molecule has 2 heterocycles. The maximum Gasteiger partial charge on any atom is 0.180 e. The number of halogens is 1. The van der Waals surface area contributed by atoms with E-state index in [9.17, 15) is 0 Å². The van der Waals surface area contributed by atoms with Gasteiger partial charge in [-0.05, 0) is 25.5 Å². The maximum absolute atomic E-state index is 5.81. The summed E-state index contributed by atoms with van der Waals surface area (Å²) in [6.07, 6.45) is 2.38. The van der Waals surface area contributed by atoms with Crippen LogP contribution in [0.2, 0.25) is 5.02 Å². The fourth-order valence-corrected chi connectivity index (χ4v) is 1.78. The summed E-state index contributed by atoms with van der Waals surface area (Å²) < 4.78 is 0. The van der Waals surface area contributed by atoms with Gasteiger partial charge in [0, 0.05) is 17.5 Å². The highest BCUT2D eigenvalue weighted by molar-refractivity contribution is 6.30. The Kier molecular flexibility index (Phi) is 3.74. The molecule has 3 N–H and O–H groups in total. The summed E-state index contributed by atoms with van der Waals surface area (Å²) in [5.74, 6) is 6.63. The molecular weight excluding hydrogens is 250 g/mol. The summed E-state index contributed by atoms with van der Waals surface area (Å²) in [7, 11) is 0. The molecule has 0 unspecified atom stereocenters. The van der Waals surface area contributed by atoms with Crippen LogP contribution in [0.4, 0.5) is 5.82 Å². The van der Waals surface area contributed by atoms with E-state index in [4.69, 9.17) is 17.4 Å². The average Bonchev–Trinajstić information content (AvgIpc) is 2.40. The molecule has 2 aromatic heterocycles. The van der Waals surface area contributed by atoms with Gasteiger partial charge >= 0.3 is 0 Å². The lowest BCUT2D eigenvalue weighted by Crippen LogP contribution is -2.13. The molecule has 2 rings (SSSR count). The lowest BCUT2D eigenvalue weighted by Gasteiger charge is -2.10. The molecule has 0 fully saturated rings. The zero-order valence-electron chi connectivity index (χ0n) is 10.2. The molecule has 0 saturated carbocycles. The maximum atomic E-state index is 5.81. The van der Waals surface area contributed by atoms with Gasteiger partial charge in [0.2, 0.25) is 0 Å². The van der Waals surface area contributed by atoms with Crippen molar-refractivity contribution < 1.29 is 0 Å². The first kappa shape index (κ1) is 12.7. The summed E-state index contributed by atoms with van der Waals surface area (Å²) in [5.41, 5.74) is 5.16. The van der Waals surface area contributed by atoms with E-state index in [0.717, 1.165) is 17.7 Å². The van der Waals surface area contributed by atoms with Gasteiger partial charge in [0.15, 0.2) is 5.82 Å². The molecule has 0 bridgehead atoms. The molecule has 6 heteroatoms. The highest BCUT2D eigenvalue weighted by Crippen LogP contribution is 2.21. The van der Waals surface area contributed by atoms with Crippen LogP contribution < -0.4 is 11.3 Å². The lowest BCUT2D eigenvalue weighted by molar-refractivity contribution is 0.967. The van der Waals surface area contributed by atoms with Crippen LogP contribution in [-0.2, 0) is 6.42 Å². The molecule has 18 heavy (non-hydrogen) atoms. The van der Waals surface area contributed by atoms with Gasteiger partial charge in [0.1, 0.15) is 11.5 Å². The molecule has 0 spiro atoms.